The van der Waals surface area contributed by atoms with Gasteiger partial charge in [-0.1, -0.05) is 6.92 Å². The van der Waals surface area contributed by atoms with E-state index in [1.807, 2.05) is 6.92 Å². The number of hydrogen-bond donors (Lipinski definition) is 1. The van der Waals surface area contributed by atoms with Crippen molar-refractivity contribution in [3.8, 4) is 0 Å². The second kappa shape index (κ2) is 3.49. The molecule has 1 N–H and O–H groups in total. The summed E-state index contributed by atoms with van der Waals surface area (Å²) in [4.78, 5) is 15.0. The van der Waals surface area contributed by atoms with Gasteiger partial charge in [-0.2, -0.15) is 0 Å². The molecular weight excluding hydrogens is 199 g/mol. The number of rotatable bonds is 2. The number of cyclic esters (lactones) is 1. The predicted octanol–water partition coefficient (Wildman–Crippen LogP) is 1.57. The Morgan fingerprint density at radius 2 is 2.47 bits per heavy atom. The number of alkyl carbamates (subject to hydrolysis) is 1. The van der Waals surface area contributed by atoms with Crippen LogP contribution in [0.3, 0.4) is 0 Å². The second-order valence-electron chi connectivity index (χ2n) is 3.50. The highest BCUT2D eigenvalue weighted by atomic mass is 19.1. The molecule has 0 bridgehead atoms. The van der Waals surface area contributed by atoms with E-state index in [1.165, 1.54) is 6.07 Å². The van der Waals surface area contributed by atoms with E-state index in [-0.39, 0.29) is 6.61 Å². The molecule has 1 saturated heterocycles. The Labute approximate surface area is 86.5 Å². The SMILES string of the molecule is CCC1(c2ccc(F)cn2)COC(=O)N1. The summed E-state index contributed by atoms with van der Waals surface area (Å²) in [5, 5.41) is 2.71. The minimum Gasteiger partial charge on any atom is -0.447 e. The van der Waals surface area contributed by atoms with Crippen molar-refractivity contribution in [2.24, 2.45) is 0 Å². The van der Waals surface area contributed by atoms with Gasteiger partial charge in [0.2, 0.25) is 0 Å². The fourth-order valence-corrected chi connectivity index (χ4v) is 1.62. The van der Waals surface area contributed by atoms with Gasteiger partial charge in [0.15, 0.2) is 0 Å². The molecule has 15 heavy (non-hydrogen) atoms. The molecule has 1 aliphatic rings. The van der Waals surface area contributed by atoms with Crippen molar-refractivity contribution in [1.82, 2.24) is 10.3 Å². The van der Waals surface area contributed by atoms with Crippen LogP contribution >= 0.6 is 0 Å². The van der Waals surface area contributed by atoms with E-state index in [1.54, 1.807) is 6.07 Å². The maximum atomic E-state index is 12.7. The van der Waals surface area contributed by atoms with Crippen molar-refractivity contribution in [1.29, 1.82) is 0 Å². The van der Waals surface area contributed by atoms with Gasteiger partial charge in [-0.15, -0.1) is 0 Å². The monoisotopic (exact) mass is 210 g/mol. The lowest BCUT2D eigenvalue weighted by Crippen LogP contribution is -2.40. The Hall–Kier alpha value is -1.65. The van der Waals surface area contributed by atoms with E-state index in [4.69, 9.17) is 4.74 Å². The lowest BCUT2D eigenvalue weighted by Gasteiger charge is -2.23. The summed E-state index contributed by atoms with van der Waals surface area (Å²) >= 11 is 0. The highest BCUT2D eigenvalue weighted by Gasteiger charge is 2.40. The number of nitrogens with zero attached hydrogens (tertiary/aromatic N) is 1. The fourth-order valence-electron chi connectivity index (χ4n) is 1.62. The first-order chi connectivity index (χ1) is 7.16. The molecule has 4 nitrogen and oxygen atoms in total. The molecule has 0 aromatic carbocycles. The van der Waals surface area contributed by atoms with Gasteiger partial charge in [0, 0.05) is 0 Å². The quantitative estimate of drug-likeness (QED) is 0.806. The van der Waals surface area contributed by atoms with Crippen LogP contribution in [0.25, 0.3) is 0 Å². The molecule has 5 heteroatoms. The summed E-state index contributed by atoms with van der Waals surface area (Å²) in [5.74, 6) is -0.393. The topological polar surface area (TPSA) is 51.2 Å². The van der Waals surface area contributed by atoms with Crippen LogP contribution in [-0.2, 0) is 10.3 Å². The molecule has 2 rings (SSSR count). The average Bonchev–Trinajstić information content (AvgIpc) is 2.62. The van der Waals surface area contributed by atoms with E-state index in [9.17, 15) is 9.18 Å². The molecule has 1 aromatic heterocycles. The third-order valence-electron chi connectivity index (χ3n) is 2.61. The van der Waals surface area contributed by atoms with Crippen molar-refractivity contribution in [2.75, 3.05) is 6.61 Å². The number of hydrogen-bond acceptors (Lipinski definition) is 3. The van der Waals surface area contributed by atoms with E-state index in [0.29, 0.717) is 12.1 Å². The second-order valence-corrected chi connectivity index (χ2v) is 3.50. The van der Waals surface area contributed by atoms with Crippen molar-refractivity contribution >= 4 is 6.09 Å². The standard InChI is InChI=1S/C10H11FN2O2/c1-2-10(6-15-9(14)13-10)8-4-3-7(11)5-12-8/h3-5H,2,6H2,1H3,(H,13,14). The molecule has 80 valence electrons. The van der Waals surface area contributed by atoms with E-state index >= 15 is 0 Å². The molecule has 0 saturated carbocycles. The highest BCUT2D eigenvalue weighted by Crippen LogP contribution is 2.27. The normalized spacial score (nSPS) is 24.8. The van der Waals surface area contributed by atoms with E-state index in [0.717, 1.165) is 6.20 Å². The zero-order valence-corrected chi connectivity index (χ0v) is 8.29. The van der Waals surface area contributed by atoms with Gasteiger partial charge in [-0.3, -0.25) is 4.98 Å². The van der Waals surface area contributed by atoms with Gasteiger partial charge in [0.05, 0.1) is 11.9 Å². The molecule has 0 spiro atoms. The molecule has 1 atom stereocenters. The Balaban J connectivity index is 2.34. The molecule has 2 heterocycles. The predicted molar refractivity (Wildman–Crippen MR) is 50.6 cm³/mol. The van der Waals surface area contributed by atoms with Gasteiger partial charge >= 0.3 is 6.09 Å². The highest BCUT2D eigenvalue weighted by molar-refractivity contribution is 5.71. The summed E-state index contributed by atoms with van der Waals surface area (Å²) < 4.78 is 17.6. The van der Waals surface area contributed by atoms with Crippen LogP contribution < -0.4 is 5.32 Å². The molecule has 1 aromatic rings. The van der Waals surface area contributed by atoms with Gasteiger partial charge in [-0.05, 0) is 18.6 Å². The Bertz CT molecular complexity index is 380. The van der Waals surface area contributed by atoms with Crippen molar-refractivity contribution in [3.05, 3.63) is 29.8 Å². The summed E-state index contributed by atoms with van der Waals surface area (Å²) in [6.45, 7) is 2.15. The number of ether oxygens (including phenoxy) is 1. The maximum absolute atomic E-state index is 12.7. The third kappa shape index (κ3) is 1.65. The molecule has 0 radical (unpaired) electrons. The summed E-state index contributed by atoms with van der Waals surface area (Å²) in [7, 11) is 0. The van der Waals surface area contributed by atoms with Crippen LogP contribution in [0.15, 0.2) is 18.3 Å². The first kappa shape index (κ1) is 9.89. The average molecular weight is 210 g/mol. The number of nitrogens with one attached hydrogen (secondary N) is 1. The zero-order valence-electron chi connectivity index (χ0n) is 8.29. The summed E-state index contributed by atoms with van der Waals surface area (Å²) in [6.07, 6.45) is 1.33. The zero-order chi connectivity index (χ0) is 10.9. The Morgan fingerprint density at radius 3 is 2.93 bits per heavy atom. The largest absolute Gasteiger partial charge is 0.447 e. The first-order valence-corrected chi connectivity index (χ1v) is 4.73. The van der Waals surface area contributed by atoms with Crippen LogP contribution in [0, 0.1) is 5.82 Å². The van der Waals surface area contributed by atoms with Crippen molar-refractivity contribution < 1.29 is 13.9 Å². The maximum Gasteiger partial charge on any atom is 0.408 e. The van der Waals surface area contributed by atoms with Gasteiger partial charge < -0.3 is 10.1 Å². The van der Waals surface area contributed by atoms with Crippen LogP contribution in [0.4, 0.5) is 9.18 Å². The number of halogens is 1. The number of carbonyl (C=O) groups is 1. The molecule has 1 aliphatic heterocycles. The fraction of sp³-hybridized carbons (Fsp3) is 0.400. The van der Waals surface area contributed by atoms with Crippen LogP contribution in [0.1, 0.15) is 19.0 Å². The van der Waals surface area contributed by atoms with Gasteiger partial charge in [-0.25, -0.2) is 9.18 Å². The van der Waals surface area contributed by atoms with Crippen LogP contribution in [0.2, 0.25) is 0 Å². The lowest BCUT2D eigenvalue weighted by molar-refractivity contribution is 0.171. The van der Waals surface area contributed by atoms with Crippen LogP contribution in [-0.4, -0.2) is 17.7 Å². The summed E-state index contributed by atoms with van der Waals surface area (Å²) in [6, 6.07) is 2.89. The molecule has 1 fully saturated rings. The van der Waals surface area contributed by atoms with Crippen LogP contribution in [0.5, 0.6) is 0 Å². The Kier molecular flexibility index (Phi) is 2.30. The minimum atomic E-state index is -0.606. The number of carbonyl (C=O) groups excluding carboxylic acids is 1. The first-order valence-electron chi connectivity index (χ1n) is 4.73. The van der Waals surface area contributed by atoms with E-state index in [2.05, 4.69) is 10.3 Å². The number of pyridine rings is 1. The van der Waals surface area contributed by atoms with Crippen molar-refractivity contribution in [3.63, 3.8) is 0 Å². The minimum absolute atomic E-state index is 0.237. The molecule has 1 unspecified atom stereocenters. The number of amides is 1. The Morgan fingerprint density at radius 1 is 1.67 bits per heavy atom. The van der Waals surface area contributed by atoms with Gasteiger partial charge in [0.1, 0.15) is 18.0 Å². The third-order valence-corrected chi connectivity index (χ3v) is 2.61. The lowest BCUT2D eigenvalue weighted by atomic mass is 9.93. The number of aromatic nitrogens is 1. The molecular formula is C10H11FN2O2. The smallest absolute Gasteiger partial charge is 0.408 e. The van der Waals surface area contributed by atoms with E-state index < -0.39 is 17.4 Å². The van der Waals surface area contributed by atoms with Crippen molar-refractivity contribution in [2.45, 2.75) is 18.9 Å². The molecule has 0 aliphatic carbocycles. The van der Waals surface area contributed by atoms with Gasteiger partial charge in [0.25, 0.3) is 0 Å². The summed E-state index contributed by atoms with van der Waals surface area (Å²) in [5.41, 5.74) is 0.0161. The molecule has 1 amide bonds.